The third-order valence-electron chi connectivity index (χ3n) is 1.57. The highest BCUT2D eigenvalue weighted by Crippen LogP contribution is 1.82. The van der Waals surface area contributed by atoms with E-state index in [1.165, 1.54) is 0 Å². The zero-order chi connectivity index (χ0) is 11.0. The molecule has 14 heavy (non-hydrogen) atoms. The Hall–Kier alpha value is -0.780. The summed E-state index contributed by atoms with van der Waals surface area (Å²) in [7, 11) is -2.99. The SMILES string of the molecule is CCCCNC(=O)NCCS(C)(=O)=O. The van der Waals surface area contributed by atoms with E-state index in [0.29, 0.717) is 6.54 Å². The molecular formula is C8H18N2O3S. The van der Waals surface area contributed by atoms with Crippen molar-refractivity contribution in [3.63, 3.8) is 0 Å². The van der Waals surface area contributed by atoms with Crippen LogP contribution in [-0.2, 0) is 9.84 Å². The molecule has 5 nitrogen and oxygen atoms in total. The fraction of sp³-hybridized carbons (Fsp3) is 0.875. The molecule has 0 atom stereocenters. The van der Waals surface area contributed by atoms with Crippen molar-refractivity contribution in [1.29, 1.82) is 0 Å². The van der Waals surface area contributed by atoms with Crippen LogP contribution in [0.15, 0.2) is 0 Å². The molecule has 0 spiro atoms. The summed E-state index contributed by atoms with van der Waals surface area (Å²) in [5.74, 6) is -0.0196. The number of nitrogens with one attached hydrogen (secondary N) is 2. The zero-order valence-electron chi connectivity index (χ0n) is 8.67. The summed E-state index contributed by atoms with van der Waals surface area (Å²) >= 11 is 0. The number of rotatable bonds is 6. The Morgan fingerprint density at radius 3 is 2.29 bits per heavy atom. The first kappa shape index (κ1) is 13.2. The summed E-state index contributed by atoms with van der Waals surface area (Å²) < 4.78 is 21.4. The van der Waals surface area contributed by atoms with E-state index in [1.54, 1.807) is 0 Å². The molecule has 6 heteroatoms. The van der Waals surface area contributed by atoms with Crippen LogP contribution in [0.5, 0.6) is 0 Å². The molecule has 0 saturated heterocycles. The Kier molecular flexibility index (Phi) is 6.27. The van der Waals surface area contributed by atoms with Crippen molar-refractivity contribution in [2.45, 2.75) is 19.8 Å². The predicted octanol–water partition coefficient (Wildman–Crippen LogP) is 0.130. The largest absolute Gasteiger partial charge is 0.338 e. The van der Waals surface area contributed by atoms with Gasteiger partial charge in [0, 0.05) is 19.3 Å². The van der Waals surface area contributed by atoms with Crippen molar-refractivity contribution in [2.24, 2.45) is 0 Å². The number of carbonyl (C=O) groups excluding carboxylic acids is 1. The molecule has 0 unspecified atom stereocenters. The number of sulfone groups is 1. The van der Waals surface area contributed by atoms with Crippen molar-refractivity contribution in [3.8, 4) is 0 Å². The minimum absolute atomic E-state index is 0.0196. The van der Waals surface area contributed by atoms with Gasteiger partial charge in [-0.1, -0.05) is 13.3 Å². The highest BCUT2D eigenvalue weighted by atomic mass is 32.2. The number of hydrogen-bond acceptors (Lipinski definition) is 3. The molecule has 2 N–H and O–H groups in total. The Morgan fingerprint density at radius 2 is 1.79 bits per heavy atom. The number of unbranched alkanes of at least 4 members (excludes halogenated alkanes) is 1. The molecule has 0 radical (unpaired) electrons. The Labute approximate surface area is 85.2 Å². The molecule has 0 heterocycles. The Bertz CT molecular complexity index is 262. The Morgan fingerprint density at radius 1 is 1.21 bits per heavy atom. The number of amides is 2. The van der Waals surface area contributed by atoms with Crippen LogP contribution >= 0.6 is 0 Å². The fourth-order valence-corrected chi connectivity index (χ4v) is 1.26. The minimum Gasteiger partial charge on any atom is -0.338 e. The second-order valence-electron chi connectivity index (χ2n) is 3.17. The summed E-state index contributed by atoms with van der Waals surface area (Å²) in [6.07, 6.45) is 3.09. The van der Waals surface area contributed by atoms with Gasteiger partial charge in [-0.3, -0.25) is 0 Å². The molecule has 0 aliphatic rings. The summed E-state index contributed by atoms with van der Waals surface area (Å²) in [6, 6.07) is -0.304. The van der Waals surface area contributed by atoms with E-state index in [9.17, 15) is 13.2 Å². The quantitative estimate of drug-likeness (QED) is 0.627. The van der Waals surface area contributed by atoms with Crippen molar-refractivity contribution in [2.75, 3.05) is 25.1 Å². The standard InChI is InChI=1S/C8H18N2O3S/c1-3-4-5-9-8(11)10-6-7-14(2,12)13/h3-7H2,1-2H3,(H2,9,10,11). The second-order valence-corrected chi connectivity index (χ2v) is 5.43. The van der Waals surface area contributed by atoms with Crippen molar-refractivity contribution < 1.29 is 13.2 Å². The van der Waals surface area contributed by atoms with E-state index in [1.807, 2.05) is 6.92 Å². The van der Waals surface area contributed by atoms with Crippen LogP contribution in [0.4, 0.5) is 4.79 Å². The molecule has 0 aromatic carbocycles. The topological polar surface area (TPSA) is 75.3 Å². The van der Waals surface area contributed by atoms with Gasteiger partial charge in [-0.25, -0.2) is 13.2 Å². The van der Waals surface area contributed by atoms with Gasteiger partial charge >= 0.3 is 6.03 Å². The van der Waals surface area contributed by atoms with Gasteiger partial charge in [-0.05, 0) is 6.42 Å². The van der Waals surface area contributed by atoms with Crippen molar-refractivity contribution >= 4 is 15.9 Å². The summed E-state index contributed by atoms with van der Waals surface area (Å²) in [5.41, 5.74) is 0. The van der Waals surface area contributed by atoms with Crippen molar-refractivity contribution in [3.05, 3.63) is 0 Å². The van der Waals surface area contributed by atoms with E-state index in [2.05, 4.69) is 10.6 Å². The first-order chi connectivity index (χ1) is 6.45. The molecule has 0 aliphatic carbocycles. The van der Waals surface area contributed by atoms with Gasteiger partial charge in [-0.15, -0.1) is 0 Å². The van der Waals surface area contributed by atoms with Crippen LogP contribution in [0.25, 0.3) is 0 Å². The van der Waals surface area contributed by atoms with Crippen LogP contribution in [0, 0.1) is 0 Å². The third-order valence-corrected chi connectivity index (χ3v) is 2.52. The monoisotopic (exact) mass is 222 g/mol. The number of carbonyl (C=O) groups is 1. The maximum absolute atomic E-state index is 11.0. The van der Waals surface area contributed by atoms with E-state index in [-0.39, 0.29) is 18.3 Å². The zero-order valence-corrected chi connectivity index (χ0v) is 9.49. The number of hydrogen-bond donors (Lipinski definition) is 2. The minimum atomic E-state index is -2.99. The molecule has 0 rings (SSSR count). The summed E-state index contributed by atoms with van der Waals surface area (Å²) in [4.78, 5) is 11.0. The van der Waals surface area contributed by atoms with Crippen LogP contribution in [0.2, 0.25) is 0 Å². The van der Waals surface area contributed by atoms with Crippen LogP contribution in [-0.4, -0.2) is 39.5 Å². The normalized spacial score (nSPS) is 11.0. The van der Waals surface area contributed by atoms with Crippen molar-refractivity contribution in [1.82, 2.24) is 10.6 Å². The van der Waals surface area contributed by atoms with Gasteiger partial charge < -0.3 is 10.6 Å². The molecule has 0 bridgehead atoms. The lowest BCUT2D eigenvalue weighted by molar-refractivity contribution is 0.241. The lowest BCUT2D eigenvalue weighted by Gasteiger charge is -2.05. The van der Waals surface area contributed by atoms with Crippen LogP contribution in [0.1, 0.15) is 19.8 Å². The van der Waals surface area contributed by atoms with E-state index in [4.69, 9.17) is 0 Å². The Balaban J connectivity index is 3.45. The van der Waals surface area contributed by atoms with Gasteiger partial charge in [0.25, 0.3) is 0 Å². The summed E-state index contributed by atoms with van der Waals surface area (Å²) in [5, 5.41) is 5.09. The molecule has 0 aromatic heterocycles. The van der Waals surface area contributed by atoms with Crippen LogP contribution in [0.3, 0.4) is 0 Å². The first-order valence-corrected chi connectivity index (χ1v) is 6.71. The maximum Gasteiger partial charge on any atom is 0.314 e. The fourth-order valence-electron chi connectivity index (χ4n) is 0.791. The van der Waals surface area contributed by atoms with E-state index in [0.717, 1.165) is 19.1 Å². The van der Waals surface area contributed by atoms with Gasteiger partial charge in [0.15, 0.2) is 0 Å². The maximum atomic E-state index is 11.0. The molecular weight excluding hydrogens is 204 g/mol. The second kappa shape index (κ2) is 6.64. The smallest absolute Gasteiger partial charge is 0.314 e. The van der Waals surface area contributed by atoms with E-state index < -0.39 is 9.84 Å². The first-order valence-electron chi connectivity index (χ1n) is 4.65. The van der Waals surface area contributed by atoms with Gasteiger partial charge in [-0.2, -0.15) is 0 Å². The highest BCUT2D eigenvalue weighted by molar-refractivity contribution is 7.90. The molecule has 2 amide bonds. The summed E-state index contributed by atoms with van der Waals surface area (Å²) in [6.45, 7) is 2.82. The lowest BCUT2D eigenvalue weighted by Crippen LogP contribution is -2.38. The average molecular weight is 222 g/mol. The van der Waals surface area contributed by atoms with Gasteiger partial charge in [0.2, 0.25) is 0 Å². The number of urea groups is 1. The predicted molar refractivity (Wildman–Crippen MR) is 56.0 cm³/mol. The molecule has 0 aliphatic heterocycles. The van der Waals surface area contributed by atoms with Crippen LogP contribution < -0.4 is 10.6 Å². The molecule has 0 fully saturated rings. The third kappa shape index (κ3) is 9.31. The molecule has 0 saturated carbocycles. The average Bonchev–Trinajstić information content (AvgIpc) is 2.02. The highest BCUT2D eigenvalue weighted by Gasteiger charge is 2.03. The van der Waals surface area contributed by atoms with E-state index >= 15 is 0 Å². The van der Waals surface area contributed by atoms with Gasteiger partial charge in [0.1, 0.15) is 9.84 Å². The molecule has 0 aromatic rings. The van der Waals surface area contributed by atoms with Gasteiger partial charge in [0.05, 0.1) is 5.75 Å². The molecule has 84 valence electrons. The lowest BCUT2D eigenvalue weighted by atomic mass is 10.3.